The highest BCUT2D eigenvalue weighted by Gasteiger charge is 2.26. The van der Waals surface area contributed by atoms with E-state index in [0.29, 0.717) is 10.7 Å². The average Bonchev–Trinajstić information content (AvgIpc) is 3.44. The first-order valence-corrected chi connectivity index (χ1v) is 11.5. The molecule has 2 heterocycles. The van der Waals surface area contributed by atoms with E-state index in [1.54, 1.807) is 17.8 Å². The Morgan fingerprint density at radius 3 is 2.59 bits per heavy atom. The number of benzene rings is 2. The molecular weight excluding hydrogens is 436 g/mol. The van der Waals surface area contributed by atoms with E-state index in [0.717, 1.165) is 38.3 Å². The van der Waals surface area contributed by atoms with Crippen molar-refractivity contribution in [3.8, 4) is 11.3 Å². The lowest BCUT2D eigenvalue weighted by atomic mass is 9.98. The van der Waals surface area contributed by atoms with Crippen LogP contribution in [-0.4, -0.2) is 15.7 Å². The van der Waals surface area contributed by atoms with Crippen LogP contribution < -0.4 is 5.32 Å². The Morgan fingerprint density at radius 2 is 1.84 bits per heavy atom. The van der Waals surface area contributed by atoms with Gasteiger partial charge in [0.05, 0.1) is 27.5 Å². The highest BCUT2D eigenvalue weighted by Crippen LogP contribution is 2.44. The zero-order valence-corrected chi connectivity index (χ0v) is 19.0. The molecule has 1 unspecified atom stereocenters. The third kappa shape index (κ3) is 4.22. The maximum absolute atomic E-state index is 8.27. The number of thioether (sulfide) groups is 1. The number of imidazole rings is 1. The average molecular weight is 457 g/mol. The van der Waals surface area contributed by atoms with E-state index in [1.165, 1.54) is 5.56 Å². The van der Waals surface area contributed by atoms with Crippen molar-refractivity contribution in [2.45, 2.75) is 6.92 Å². The lowest BCUT2D eigenvalue weighted by molar-refractivity contribution is 1.07. The Morgan fingerprint density at radius 1 is 1.06 bits per heavy atom. The van der Waals surface area contributed by atoms with E-state index < -0.39 is 0 Å². The number of nitrogens with one attached hydrogen (secondary N) is 3. The summed E-state index contributed by atoms with van der Waals surface area (Å²) in [6, 6.07) is 18.6. The van der Waals surface area contributed by atoms with Crippen molar-refractivity contribution in [3.05, 3.63) is 112 Å². The molecule has 2 aromatic carbocycles. The van der Waals surface area contributed by atoms with E-state index in [9.17, 15) is 0 Å². The zero-order chi connectivity index (χ0) is 22.1. The molecule has 0 radical (unpaired) electrons. The van der Waals surface area contributed by atoms with E-state index in [-0.39, 0.29) is 5.92 Å². The first-order chi connectivity index (χ1) is 15.6. The van der Waals surface area contributed by atoms with Crippen molar-refractivity contribution in [2.24, 2.45) is 5.92 Å². The Hall–Kier alpha value is -3.28. The number of nitrogens with zero attached hydrogens (tertiary/aromatic N) is 1. The molecule has 0 saturated carbocycles. The van der Waals surface area contributed by atoms with Crippen molar-refractivity contribution in [2.75, 3.05) is 0 Å². The molecule has 4 nitrogen and oxygen atoms in total. The minimum Gasteiger partial charge on any atom is -0.349 e. The van der Waals surface area contributed by atoms with Gasteiger partial charge in [-0.15, -0.1) is 0 Å². The number of aromatic amines is 1. The van der Waals surface area contributed by atoms with E-state index >= 15 is 0 Å². The molecule has 1 atom stereocenters. The number of allylic oxidation sites excluding steroid dienone is 5. The summed E-state index contributed by atoms with van der Waals surface area (Å²) >= 11 is 7.66. The van der Waals surface area contributed by atoms with Gasteiger partial charge in [0.15, 0.2) is 0 Å². The third-order valence-electron chi connectivity index (χ3n) is 5.35. The molecule has 1 aliphatic heterocycles. The van der Waals surface area contributed by atoms with Gasteiger partial charge in [0.25, 0.3) is 0 Å². The summed E-state index contributed by atoms with van der Waals surface area (Å²) in [6.45, 7) is 2.08. The standard InChI is InChI=1S/C26H21ClN4S/c1-16-7-9-18(10-8-16)24-25(26-29-15-22(30-26)17-5-3-2-4-6-17)32-23(31-24)13-19-11-12-20(27)14-21(19)28/h2-15,19,28,31H,1H3,(H,29,30). The maximum atomic E-state index is 8.27. The van der Waals surface area contributed by atoms with E-state index in [4.69, 9.17) is 17.0 Å². The molecule has 2 aliphatic rings. The van der Waals surface area contributed by atoms with Crippen molar-refractivity contribution >= 4 is 39.7 Å². The van der Waals surface area contributed by atoms with Gasteiger partial charge < -0.3 is 15.7 Å². The molecule has 158 valence electrons. The van der Waals surface area contributed by atoms with Gasteiger partial charge in [-0.25, -0.2) is 4.98 Å². The fourth-order valence-corrected chi connectivity index (χ4v) is 4.88. The molecule has 3 aromatic rings. The fraction of sp³-hybridized carbons (Fsp3) is 0.0769. The number of halogens is 1. The largest absolute Gasteiger partial charge is 0.349 e. The molecule has 0 fully saturated rings. The van der Waals surface area contributed by atoms with Crippen molar-refractivity contribution < 1.29 is 0 Å². The molecule has 0 amide bonds. The first kappa shape index (κ1) is 20.6. The van der Waals surface area contributed by atoms with E-state index in [2.05, 4.69) is 64.7 Å². The fourth-order valence-electron chi connectivity index (χ4n) is 3.63. The van der Waals surface area contributed by atoms with Gasteiger partial charge in [0.1, 0.15) is 5.82 Å². The summed E-state index contributed by atoms with van der Waals surface area (Å²) in [5.41, 5.74) is 5.87. The molecule has 0 saturated heterocycles. The number of hydrogen-bond donors (Lipinski definition) is 3. The van der Waals surface area contributed by atoms with E-state index in [1.807, 2.05) is 36.5 Å². The summed E-state index contributed by atoms with van der Waals surface area (Å²) in [5, 5.41) is 13.4. The molecule has 3 N–H and O–H groups in total. The zero-order valence-electron chi connectivity index (χ0n) is 17.4. The second kappa shape index (κ2) is 8.69. The van der Waals surface area contributed by atoms with Gasteiger partial charge in [-0.05, 0) is 36.3 Å². The number of hydrogen-bond acceptors (Lipinski definition) is 4. The van der Waals surface area contributed by atoms with Crippen LogP contribution in [0.2, 0.25) is 0 Å². The molecular formula is C26H21ClN4S. The summed E-state index contributed by atoms with van der Waals surface area (Å²) in [4.78, 5) is 9.20. The number of aromatic nitrogens is 2. The maximum Gasteiger partial charge on any atom is 0.146 e. The minimum absolute atomic E-state index is 0.123. The molecule has 0 bridgehead atoms. The van der Waals surface area contributed by atoms with Gasteiger partial charge in [0, 0.05) is 16.7 Å². The smallest absolute Gasteiger partial charge is 0.146 e. The molecule has 32 heavy (non-hydrogen) atoms. The molecule has 5 rings (SSSR count). The summed E-state index contributed by atoms with van der Waals surface area (Å²) in [6.07, 6.45) is 9.42. The molecule has 1 aliphatic carbocycles. The first-order valence-electron chi connectivity index (χ1n) is 10.3. The predicted molar refractivity (Wildman–Crippen MR) is 135 cm³/mol. The highest BCUT2D eigenvalue weighted by molar-refractivity contribution is 8.12. The Kier molecular flexibility index (Phi) is 5.60. The Bertz CT molecular complexity index is 1300. The molecule has 0 spiro atoms. The Balaban J connectivity index is 1.51. The van der Waals surface area contributed by atoms with Crippen LogP contribution in [0.1, 0.15) is 17.0 Å². The van der Waals surface area contributed by atoms with Crippen LogP contribution in [0.25, 0.3) is 21.9 Å². The van der Waals surface area contributed by atoms with Crippen molar-refractivity contribution in [1.29, 1.82) is 5.41 Å². The second-order valence-electron chi connectivity index (χ2n) is 7.71. The van der Waals surface area contributed by atoms with Crippen LogP contribution >= 0.6 is 23.4 Å². The third-order valence-corrected chi connectivity index (χ3v) is 6.64. The van der Waals surface area contributed by atoms with Crippen LogP contribution in [-0.2, 0) is 0 Å². The topological polar surface area (TPSA) is 64.6 Å². The monoisotopic (exact) mass is 456 g/mol. The lowest BCUT2D eigenvalue weighted by Crippen LogP contribution is -2.12. The normalized spacial score (nSPS) is 19.4. The summed E-state index contributed by atoms with van der Waals surface area (Å²) in [5.74, 6) is 0.695. The quantitative estimate of drug-likeness (QED) is 0.408. The van der Waals surface area contributed by atoms with Gasteiger partial charge in [-0.1, -0.05) is 89.6 Å². The number of H-pyrrole nitrogens is 1. The van der Waals surface area contributed by atoms with Crippen LogP contribution in [0.3, 0.4) is 0 Å². The van der Waals surface area contributed by atoms with Crippen molar-refractivity contribution in [1.82, 2.24) is 15.3 Å². The Labute approximate surface area is 196 Å². The van der Waals surface area contributed by atoms with Gasteiger partial charge in [-0.2, -0.15) is 0 Å². The van der Waals surface area contributed by atoms with Crippen molar-refractivity contribution in [3.63, 3.8) is 0 Å². The van der Waals surface area contributed by atoms with Crippen LogP contribution in [0, 0.1) is 18.3 Å². The SMILES string of the molecule is Cc1ccc(C2=C(c3ncc(-c4ccccc4)[nH]3)SC(=CC3C=CC(Cl)=CC3=N)N2)cc1. The highest BCUT2D eigenvalue weighted by atomic mass is 35.5. The summed E-state index contributed by atoms with van der Waals surface area (Å²) < 4.78 is 0. The summed E-state index contributed by atoms with van der Waals surface area (Å²) in [7, 11) is 0. The second-order valence-corrected chi connectivity index (χ2v) is 9.20. The predicted octanol–water partition coefficient (Wildman–Crippen LogP) is 6.72. The van der Waals surface area contributed by atoms with Gasteiger partial charge in [-0.3, -0.25) is 0 Å². The van der Waals surface area contributed by atoms with Crippen LogP contribution in [0.4, 0.5) is 0 Å². The number of rotatable bonds is 4. The molecule has 1 aromatic heterocycles. The van der Waals surface area contributed by atoms with Gasteiger partial charge in [0.2, 0.25) is 0 Å². The molecule has 6 heteroatoms. The van der Waals surface area contributed by atoms with Crippen LogP contribution in [0.5, 0.6) is 0 Å². The number of aryl methyl sites for hydroxylation is 1. The van der Waals surface area contributed by atoms with Gasteiger partial charge >= 0.3 is 0 Å². The lowest BCUT2D eigenvalue weighted by Gasteiger charge is -2.13. The minimum atomic E-state index is -0.123. The van der Waals surface area contributed by atoms with Crippen LogP contribution in [0.15, 0.2) is 95.2 Å².